The Labute approximate surface area is 163 Å². The van der Waals surface area contributed by atoms with Crippen molar-refractivity contribution in [2.75, 3.05) is 31.4 Å². The summed E-state index contributed by atoms with van der Waals surface area (Å²) in [6.45, 7) is 8.63. The van der Waals surface area contributed by atoms with Crippen LogP contribution in [-0.2, 0) is 12.8 Å². The predicted octanol–water partition coefficient (Wildman–Crippen LogP) is 4.34. The highest BCUT2D eigenvalue weighted by Gasteiger charge is 2.19. The van der Waals surface area contributed by atoms with E-state index in [0.29, 0.717) is 11.9 Å². The Morgan fingerprint density at radius 1 is 0.963 bits per heavy atom. The molecule has 0 fully saturated rings. The van der Waals surface area contributed by atoms with Gasteiger partial charge in [0.05, 0.1) is 24.2 Å². The highest BCUT2D eigenvalue weighted by Crippen LogP contribution is 2.32. The van der Waals surface area contributed by atoms with Gasteiger partial charge in [0.25, 0.3) is 0 Å². The quantitative estimate of drug-likeness (QED) is 0.707. The number of nitrogens with zero attached hydrogens (tertiary/aromatic N) is 4. The second-order valence-corrected chi connectivity index (χ2v) is 6.80. The number of rotatable bonds is 9. The first-order valence-electron chi connectivity index (χ1n) is 9.87. The lowest BCUT2D eigenvalue weighted by atomic mass is 10.1. The third-order valence-corrected chi connectivity index (χ3v) is 4.77. The Morgan fingerprint density at radius 2 is 1.63 bits per heavy atom. The zero-order valence-corrected chi connectivity index (χ0v) is 17.8. The number of anilines is 2. The molecule has 0 atom stereocenters. The molecule has 0 aliphatic heterocycles. The summed E-state index contributed by atoms with van der Waals surface area (Å²) in [5, 5.41) is 3.59. The molecule has 6 nitrogen and oxygen atoms in total. The highest BCUT2D eigenvalue weighted by atomic mass is 16.5. The summed E-state index contributed by atoms with van der Waals surface area (Å²) in [4.78, 5) is 16.6. The van der Waals surface area contributed by atoms with E-state index in [4.69, 9.17) is 14.7 Å². The lowest BCUT2D eigenvalue weighted by molar-refractivity contribution is 0.398. The Morgan fingerprint density at radius 3 is 2.15 bits per heavy atom. The monoisotopic (exact) mass is 371 g/mol. The van der Waals surface area contributed by atoms with E-state index >= 15 is 0 Å². The van der Waals surface area contributed by atoms with Crippen LogP contribution in [0.25, 0.3) is 11.3 Å². The van der Waals surface area contributed by atoms with Gasteiger partial charge in [0, 0.05) is 31.8 Å². The van der Waals surface area contributed by atoms with Gasteiger partial charge in [0.2, 0.25) is 5.88 Å². The second-order valence-electron chi connectivity index (χ2n) is 6.80. The number of methoxy groups -OCH3 is 1. The first-order valence-corrected chi connectivity index (χ1v) is 9.87. The van der Waals surface area contributed by atoms with Crippen LogP contribution in [0.15, 0.2) is 12.1 Å². The number of aromatic nitrogens is 3. The number of hydrogen-bond donors (Lipinski definition) is 1. The van der Waals surface area contributed by atoms with Crippen molar-refractivity contribution < 1.29 is 4.74 Å². The maximum atomic E-state index is 5.30. The van der Waals surface area contributed by atoms with E-state index in [0.717, 1.165) is 60.0 Å². The third kappa shape index (κ3) is 4.67. The minimum absolute atomic E-state index is 0.417. The van der Waals surface area contributed by atoms with Crippen molar-refractivity contribution >= 4 is 11.6 Å². The van der Waals surface area contributed by atoms with E-state index in [1.165, 1.54) is 0 Å². The van der Waals surface area contributed by atoms with Crippen LogP contribution in [0.5, 0.6) is 5.88 Å². The van der Waals surface area contributed by atoms with Gasteiger partial charge in [-0.15, -0.1) is 0 Å². The molecule has 6 heteroatoms. The van der Waals surface area contributed by atoms with Gasteiger partial charge in [-0.2, -0.15) is 4.98 Å². The van der Waals surface area contributed by atoms with Crippen LogP contribution in [-0.4, -0.2) is 42.2 Å². The number of ether oxygens (including phenoxy) is 1. The predicted molar refractivity (Wildman–Crippen MR) is 113 cm³/mol. The molecule has 0 unspecified atom stereocenters. The summed E-state index contributed by atoms with van der Waals surface area (Å²) in [6, 6.07) is 4.32. The molecule has 0 aliphatic carbocycles. The largest absolute Gasteiger partial charge is 0.481 e. The molecule has 2 aromatic rings. The van der Waals surface area contributed by atoms with Gasteiger partial charge >= 0.3 is 0 Å². The fraction of sp³-hybridized carbons (Fsp3) is 0.571. The van der Waals surface area contributed by atoms with Crippen molar-refractivity contribution in [2.24, 2.45) is 0 Å². The maximum absolute atomic E-state index is 5.30. The SMILES string of the molecule is CCc1nc(-c2ccc(OC)nc2N(C)C)c(CC)nc1NC(CC)CC. The summed E-state index contributed by atoms with van der Waals surface area (Å²) >= 11 is 0. The molecule has 0 radical (unpaired) electrons. The molecule has 2 heterocycles. The van der Waals surface area contributed by atoms with Crippen molar-refractivity contribution in [1.82, 2.24) is 15.0 Å². The molecule has 148 valence electrons. The van der Waals surface area contributed by atoms with Gasteiger partial charge < -0.3 is 15.0 Å². The maximum Gasteiger partial charge on any atom is 0.214 e. The lowest BCUT2D eigenvalue weighted by Gasteiger charge is -2.21. The Hall–Kier alpha value is -2.37. The van der Waals surface area contributed by atoms with Gasteiger partial charge in [-0.3, -0.25) is 0 Å². The van der Waals surface area contributed by atoms with Crippen LogP contribution >= 0.6 is 0 Å². The molecule has 0 aromatic carbocycles. The second kappa shape index (κ2) is 9.53. The number of pyridine rings is 1. The third-order valence-electron chi connectivity index (χ3n) is 4.77. The molecular formula is C21H33N5O. The van der Waals surface area contributed by atoms with E-state index in [1.54, 1.807) is 7.11 Å². The zero-order valence-electron chi connectivity index (χ0n) is 17.8. The Kier molecular flexibility index (Phi) is 7.39. The van der Waals surface area contributed by atoms with Gasteiger partial charge in [0.15, 0.2) is 0 Å². The van der Waals surface area contributed by atoms with Crippen LogP contribution < -0.4 is 15.0 Å². The molecule has 0 amide bonds. The van der Waals surface area contributed by atoms with Crippen LogP contribution in [0.1, 0.15) is 51.9 Å². The summed E-state index contributed by atoms with van der Waals surface area (Å²) in [6.07, 6.45) is 3.77. The average Bonchev–Trinajstić information content (AvgIpc) is 2.70. The molecule has 0 spiro atoms. The fourth-order valence-electron chi connectivity index (χ4n) is 3.09. The van der Waals surface area contributed by atoms with E-state index in [-0.39, 0.29) is 0 Å². The highest BCUT2D eigenvalue weighted by molar-refractivity contribution is 5.76. The molecule has 2 aromatic heterocycles. The van der Waals surface area contributed by atoms with Crippen molar-refractivity contribution in [2.45, 2.75) is 59.4 Å². The summed E-state index contributed by atoms with van der Waals surface area (Å²) in [5.74, 6) is 2.34. The summed E-state index contributed by atoms with van der Waals surface area (Å²) in [7, 11) is 5.59. The molecule has 0 bridgehead atoms. The fourth-order valence-corrected chi connectivity index (χ4v) is 3.09. The van der Waals surface area contributed by atoms with Crippen molar-refractivity contribution in [1.29, 1.82) is 0 Å². The summed E-state index contributed by atoms with van der Waals surface area (Å²) in [5.41, 5.74) is 3.86. The smallest absolute Gasteiger partial charge is 0.214 e. The van der Waals surface area contributed by atoms with Gasteiger partial charge in [-0.05, 0) is 31.7 Å². The minimum atomic E-state index is 0.417. The van der Waals surface area contributed by atoms with E-state index in [9.17, 15) is 0 Å². The lowest BCUT2D eigenvalue weighted by Crippen LogP contribution is -2.20. The van der Waals surface area contributed by atoms with Gasteiger partial charge in [-0.25, -0.2) is 9.97 Å². The number of aryl methyl sites for hydroxylation is 2. The van der Waals surface area contributed by atoms with Crippen LogP contribution in [0.4, 0.5) is 11.6 Å². The van der Waals surface area contributed by atoms with Gasteiger partial charge in [-0.1, -0.05) is 27.7 Å². The average molecular weight is 372 g/mol. The molecule has 2 rings (SSSR count). The Balaban J connectivity index is 2.61. The van der Waals surface area contributed by atoms with Crippen molar-refractivity contribution in [3.63, 3.8) is 0 Å². The normalized spacial score (nSPS) is 11.0. The Bertz CT molecular complexity index is 756. The first kappa shape index (κ1) is 20.9. The molecule has 27 heavy (non-hydrogen) atoms. The van der Waals surface area contributed by atoms with E-state index in [1.807, 2.05) is 31.1 Å². The molecule has 0 saturated carbocycles. The van der Waals surface area contributed by atoms with Crippen molar-refractivity contribution in [3.8, 4) is 17.1 Å². The number of hydrogen-bond acceptors (Lipinski definition) is 6. The molecule has 0 aliphatic rings. The standard InChI is InChI=1S/C21H33N5O/c1-8-14(9-2)22-20-17(11-4)23-19(16(10-3)24-20)15-12-13-18(27-7)25-21(15)26(5)6/h12-14H,8-11H2,1-7H3,(H,22,24). The first-order chi connectivity index (χ1) is 13.0. The molecular weight excluding hydrogens is 338 g/mol. The van der Waals surface area contributed by atoms with Gasteiger partial charge in [0.1, 0.15) is 11.6 Å². The topological polar surface area (TPSA) is 63.2 Å². The number of nitrogens with one attached hydrogen (secondary N) is 1. The van der Waals surface area contributed by atoms with Crippen LogP contribution in [0, 0.1) is 0 Å². The van der Waals surface area contributed by atoms with E-state index in [2.05, 4.69) is 38.0 Å². The van der Waals surface area contributed by atoms with Crippen LogP contribution in [0.3, 0.4) is 0 Å². The van der Waals surface area contributed by atoms with E-state index < -0.39 is 0 Å². The van der Waals surface area contributed by atoms with Crippen LogP contribution in [0.2, 0.25) is 0 Å². The zero-order chi connectivity index (χ0) is 20.0. The van der Waals surface area contributed by atoms with Crippen molar-refractivity contribution in [3.05, 3.63) is 23.5 Å². The minimum Gasteiger partial charge on any atom is -0.481 e. The molecule has 1 N–H and O–H groups in total. The molecule has 0 saturated heterocycles. The summed E-state index contributed by atoms with van der Waals surface area (Å²) < 4.78 is 5.30.